The number of phenols is 1. The number of hydrogen-bond donors (Lipinski definition) is 2. The Labute approximate surface area is 120 Å². The highest BCUT2D eigenvalue weighted by molar-refractivity contribution is 8.01. The number of amides is 1. The molecule has 2 rings (SSSR count). The fourth-order valence-corrected chi connectivity index (χ4v) is 3.58. The van der Waals surface area contributed by atoms with Crippen molar-refractivity contribution in [2.24, 2.45) is 0 Å². The van der Waals surface area contributed by atoms with Crippen molar-refractivity contribution >= 4 is 46.6 Å². The van der Waals surface area contributed by atoms with Gasteiger partial charge in [0.05, 0.1) is 15.5 Å². The number of phenolic OH excluding ortho intramolecular Hbond substituents is 1. The molecule has 1 aromatic rings. The molecule has 0 aliphatic carbocycles. The minimum absolute atomic E-state index is 0.126. The lowest BCUT2D eigenvalue weighted by atomic mass is 10.0. The molecule has 1 aliphatic rings. The molecule has 0 aromatic heterocycles. The summed E-state index contributed by atoms with van der Waals surface area (Å²) < 4.78 is -0.443. The van der Waals surface area contributed by atoms with Gasteiger partial charge in [0.15, 0.2) is 5.75 Å². The Kier molecular flexibility index (Phi) is 3.99. The van der Waals surface area contributed by atoms with Gasteiger partial charge in [-0.2, -0.15) is 0 Å². The van der Waals surface area contributed by atoms with Gasteiger partial charge in [0.1, 0.15) is 0 Å². The van der Waals surface area contributed by atoms with Gasteiger partial charge >= 0.3 is 0 Å². The van der Waals surface area contributed by atoms with E-state index in [0.29, 0.717) is 5.02 Å². The van der Waals surface area contributed by atoms with Gasteiger partial charge in [-0.05, 0) is 37.7 Å². The first-order valence-electron chi connectivity index (χ1n) is 5.56. The van der Waals surface area contributed by atoms with Gasteiger partial charge in [-0.25, -0.2) is 0 Å². The van der Waals surface area contributed by atoms with Crippen LogP contribution >= 0.6 is 35.0 Å². The summed E-state index contributed by atoms with van der Waals surface area (Å²) in [6, 6.07) is 2.92. The normalized spacial score (nSPS) is 23.1. The van der Waals surface area contributed by atoms with Crippen LogP contribution in [-0.2, 0) is 4.79 Å². The second-order valence-electron chi connectivity index (χ2n) is 4.42. The third kappa shape index (κ3) is 2.71. The zero-order chi connectivity index (χ0) is 13.3. The number of aromatic hydroxyl groups is 1. The van der Waals surface area contributed by atoms with E-state index in [4.69, 9.17) is 23.2 Å². The molecular weight excluding hydrogens is 293 g/mol. The standard InChI is InChI=1S/C12H13Cl2NO2S/c1-12(3-2-4-18-12)11(17)15-9-6-7(13)5-8(14)10(9)16/h5-6,16H,2-4H2,1H3,(H,15,17). The molecule has 6 heteroatoms. The van der Waals surface area contributed by atoms with Crippen molar-refractivity contribution in [3.63, 3.8) is 0 Å². The smallest absolute Gasteiger partial charge is 0.240 e. The molecule has 0 spiro atoms. The van der Waals surface area contributed by atoms with Crippen molar-refractivity contribution in [1.82, 2.24) is 0 Å². The molecule has 1 atom stereocenters. The van der Waals surface area contributed by atoms with Crippen molar-refractivity contribution in [3.8, 4) is 5.75 Å². The largest absolute Gasteiger partial charge is 0.504 e. The van der Waals surface area contributed by atoms with Gasteiger partial charge in [0, 0.05) is 5.02 Å². The van der Waals surface area contributed by atoms with Crippen LogP contribution < -0.4 is 5.32 Å². The van der Waals surface area contributed by atoms with E-state index >= 15 is 0 Å². The molecule has 1 amide bonds. The van der Waals surface area contributed by atoms with Gasteiger partial charge in [-0.3, -0.25) is 4.79 Å². The predicted molar refractivity (Wildman–Crippen MR) is 76.9 cm³/mol. The van der Waals surface area contributed by atoms with Crippen molar-refractivity contribution in [2.75, 3.05) is 11.1 Å². The second kappa shape index (κ2) is 5.19. The first kappa shape index (κ1) is 13.8. The molecule has 3 nitrogen and oxygen atoms in total. The highest BCUT2D eigenvalue weighted by atomic mass is 35.5. The van der Waals surface area contributed by atoms with Crippen molar-refractivity contribution in [1.29, 1.82) is 0 Å². The van der Waals surface area contributed by atoms with E-state index in [1.807, 2.05) is 6.92 Å². The Morgan fingerprint density at radius 2 is 2.22 bits per heavy atom. The lowest BCUT2D eigenvalue weighted by molar-refractivity contribution is -0.118. The molecular formula is C12H13Cl2NO2S. The predicted octanol–water partition coefficient (Wildman–Crippen LogP) is 3.92. The monoisotopic (exact) mass is 305 g/mol. The van der Waals surface area contributed by atoms with Crippen LogP contribution in [0.25, 0.3) is 0 Å². The highest BCUT2D eigenvalue weighted by Crippen LogP contribution is 2.40. The summed E-state index contributed by atoms with van der Waals surface area (Å²) in [6.07, 6.45) is 1.86. The van der Waals surface area contributed by atoms with Gasteiger partial charge in [0.25, 0.3) is 0 Å². The summed E-state index contributed by atoms with van der Waals surface area (Å²) in [5, 5.41) is 13.0. The number of hydrogen-bond acceptors (Lipinski definition) is 3. The molecule has 2 N–H and O–H groups in total. The number of rotatable bonds is 2. The number of nitrogens with one attached hydrogen (secondary N) is 1. The highest BCUT2D eigenvalue weighted by Gasteiger charge is 2.37. The maximum atomic E-state index is 12.2. The SMILES string of the molecule is CC1(C(=O)Nc2cc(Cl)cc(Cl)c2O)CCCS1. The lowest BCUT2D eigenvalue weighted by Gasteiger charge is -2.22. The molecule has 18 heavy (non-hydrogen) atoms. The lowest BCUT2D eigenvalue weighted by Crippen LogP contribution is -2.34. The van der Waals surface area contributed by atoms with Crippen LogP contribution in [0.5, 0.6) is 5.75 Å². The minimum atomic E-state index is -0.443. The number of carbonyl (C=O) groups excluding carboxylic acids is 1. The van der Waals surface area contributed by atoms with Crippen molar-refractivity contribution < 1.29 is 9.90 Å². The summed E-state index contributed by atoms with van der Waals surface area (Å²) in [6.45, 7) is 1.91. The van der Waals surface area contributed by atoms with E-state index in [2.05, 4.69) is 5.32 Å². The zero-order valence-corrected chi connectivity index (χ0v) is 12.1. The third-order valence-corrected chi connectivity index (χ3v) is 5.00. The molecule has 0 bridgehead atoms. The fourth-order valence-electron chi connectivity index (χ4n) is 1.87. The summed E-state index contributed by atoms with van der Waals surface area (Å²) in [5.74, 6) is 0.700. The van der Waals surface area contributed by atoms with Crippen LogP contribution in [0.15, 0.2) is 12.1 Å². The van der Waals surface area contributed by atoms with Crippen molar-refractivity contribution in [3.05, 3.63) is 22.2 Å². The molecule has 1 unspecified atom stereocenters. The van der Waals surface area contributed by atoms with E-state index < -0.39 is 4.75 Å². The Balaban J connectivity index is 2.21. The molecule has 1 heterocycles. The number of anilines is 1. The van der Waals surface area contributed by atoms with Crippen LogP contribution in [0.1, 0.15) is 19.8 Å². The maximum absolute atomic E-state index is 12.2. The van der Waals surface area contributed by atoms with Gasteiger partial charge in [0.2, 0.25) is 5.91 Å². The molecule has 0 saturated carbocycles. The topological polar surface area (TPSA) is 49.3 Å². The van der Waals surface area contributed by atoms with Gasteiger partial charge < -0.3 is 10.4 Å². The molecule has 1 aliphatic heterocycles. The Morgan fingerprint density at radius 3 is 2.83 bits per heavy atom. The fraction of sp³-hybridized carbons (Fsp3) is 0.417. The van der Waals surface area contributed by atoms with E-state index in [9.17, 15) is 9.90 Å². The maximum Gasteiger partial charge on any atom is 0.240 e. The van der Waals surface area contributed by atoms with E-state index in [1.165, 1.54) is 12.1 Å². The van der Waals surface area contributed by atoms with Crippen LogP contribution in [0.3, 0.4) is 0 Å². The Morgan fingerprint density at radius 1 is 1.50 bits per heavy atom. The number of benzene rings is 1. The summed E-state index contributed by atoms with van der Waals surface area (Å²) in [4.78, 5) is 12.2. The van der Waals surface area contributed by atoms with E-state index in [0.717, 1.165) is 18.6 Å². The molecule has 98 valence electrons. The number of carbonyl (C=O) groups is 1. The second-order valence-corrected chi connectivity index (χ2v) is 6.86. The summed E-state index contributed by atoms with van der Waals surface area (Å²) in [5.41, 5.74) is 0.256. The molecule has 1 aromatic carbocycles. The molecule has 0 radical (unpaired) electrons. The molecule has 1 saturated heterocycles. The van der Waals surface area contributed by atoms with Crippen LogP contribution in [-0.4, -0.2) is 21.5 Å². The van der Waals surface area contributed by atoms with Gasteiger partial charge in [-0.15, -0.1) is 11.8 Å². The zero-order valence-electron chi connectivity index (χ0n) is 9.80. The van der Waals surface area contributed by atoms with E-state index in [1.54, 1.807) is 11.8 Å². The van der Waals surface area contributed by atoms with Crippen molar-refractivity contribution in [2.45, 2.75) is 24.5 Å². The first-order chi connectivity index (χ1) is 8.42. The van der Waals surface area contributed by atoms with Crippen LogP contribution in [0.4, 0.5) is 5.69 Å². The number of thioether (sulfide) groups is 1. The Hall–Kier alpha value is -0.580. The van der Waals surface area contributed by atoms with Crippen LogP contribution in [0, 0.1) is 0 Å². The number of halogens is 2. The summed E-state index contributed by atoms with van der Waals surface area (Å²) in [7, 11) is 0. The third-order valence-electron chi connectivity index (χ3n) is 2.98. The van der Waals surface area contributed by atoms with Crippen LogP contribution in [0.2, 0.25) is 10.0 Å². The Bertz CT molecular complexity index is 487. The average Bonchev–Trinajstić information content (AvgIpc) is 2.73. The first-order valence-corrected chi connectivity index (χ1v) is 7.30. The molecule has 1 fully saturated rings. The quantitative estimate of drug-likeness (QED) is 0.814. The van der Waals surface area contributed by atoms with E-state index in [-0.39, 0.29) is 22.4 Å². The average molecular weight is 306 g/mol. The minimum Gasteiger partial charge on any atom is -0.504 e. The van der Waals surface area contributed by atoms with Gasteiger partial charge in [-0.1, -0.05) is 23.2 Å². The summed E-state index contributed by atoms with van der Waals surface area (Å²) >= 11 is 13.3.